The molecule has 2 atom stereocenters. The number of ether oxygens (including phenoxy) is 1. The van der Waals surface area contributed by atoms with Crippen molar-refractivity contribution in [3.05, 3.63) is 23.9 Å². The molecule has 2 heterocycles. The standard InChI is InChI=1S/C24H37N5O4/c1-15-6-8-18(9-7-15)20(28-23(32)33-24(3,4)5)21(30)27-19-12-17(10-11-25-19)14-29-16(2)13-26-22(29)31/h10-12,15-16,18,20H,6-9,13-14H2,1-5H3,(H,26,31)(H,28,32)(H,25,27,30)/t15?,16-,18?,20+/m1/s1. The Morgan fingerprint density at radius 2 is 1.94 bits per heavy atom. The molecule has 1 aromatic rings. The lowest BCUT2D eigenvalue weighted by atomic mass is 9.79. The number of anilines is 1. The lowest BCUT2D eigenvalue weighted by Crippen LogP contribution is -2.50. The molecule has 2 fully saturated rings. The maximum absolute atomic E-state index is 13.3. The molecule has 182 valence electrons. The largest absolute Gasteiger partial charge is 0.444 e. The van der Waals surface area contributed by atoms with Gasteiger partial charge in [-0.05, 0) is 70.1 Å². The van der Waals surface area contributed by atoms with Crippen LogP contribution in [0.3, 0.4) is 0 Å². The zero-order valence-corrected chi connectivity index (χ0v) is 20.3. The SMILES string of the molecule is CC1CCC([C@H](NC(=O)OC(C)(C)C)C(=O)Nc2cc(CN3C(=O)NC[C@H]3C)ccn2)CC1. The molecule has 0 radical (unpaired) electrons. The second-order valence-corrected chi connectivity index (χ2v) is 10.3. The molecular formula is C24H37N5O4. The van der Waals surface area contributed by atoms with E-state index in [1.807, 2.05) is 13.0 Å². The van der Waals surface area contributed by atoms with Gasteiger partial charge >= 0.3 is 12.1 Å². The summed E-state index contributed by atoms with van der Waals surface area (Å²) in [4.78, 5) is 43.8. The molecule has 0 aromatic carbocycles. The number of nitrogens with one attached hydrogen (secondary N) is 3. The number of carbonyl (C=O) groups excluding carboxylic acids is 3. The van der Waals surface area contributed by atoms with Crippen molar-refractivity contribution in [1.29, 1.82) is 0 Å². The quantitative estimate of drug-likeness (QED) is 0.601. The van der Waals surface area contributed by atoms with Gasteiger partial charge in [0.1, 0.15) is 17.5 Å². The first-order valence-electron chi connectivity index (χ1n) is 11.8. The minimum absolute atomic E-state index is 0.0334. The fourth-order valence-electron chi connectivity index (χ4n) is 4.37. The van der Waals surface area contributed by atoms with Gasteiger partial charge in [0.15, 0.2) is 0 Å². The van der Waals surface area contributed by atoms with Crippen LogP contribution in [-0.2, 0) is 16.1 Å². The first kappa shape index (κ1) is 24.8. The summed E-state index contributed by atoms with van der Waals surface area (Å²) in [5, 5.41) is 8.49. The number of hydrogen-bond acceptors (Lipinski definition) is 5. The third-order valence-corrected chi connectivity index (χ3v) is 6.26. The van der Waals surface area contributed by atoms with Crippen LogP contribution < -0.4 is 16.0 Å². The van der Waals surface area contributed by atoms with Gasteiger partial charge in [-0.2, -0.15) is 0 Å². The number of aromatic nitrogens is 1. The van der Waals surface area contributed by atoms with Gasteiger partial charge in [-0.15, -0.1) is 0 Å². The van der Waals surface area contributed by atoms with Gasteiger partial charge < -0.3 is 25.6 Å². The monoisotopic (exact) mass is 459 g/mol. The van der Waals surface area contributed by atoms with Gasteiger partial charge in [0, 0.05) is 25.3 Å². The fourth-order valence-corrected chi connectivity index (χ4v) is 4.37. The molecule has 0 spiro atoms. The van der Waals surface area contributed by atoms with E-state index in [1.165, 1.54) is 0 Å². The van der Waals surface area contributed by atoms with Crippen molar-refractivity contribution in [2.24, 2.45) is 11.8 Å². The lowest BCUT2D eigenvalue weighted by molar-refractivity contribution is -0.119. The van der Waals surface area contributed by atoms with Crippen molar-refractivity contribution < 1.29 is 19.1 Å². The van der Waals surface area contributed by atoms with E-state index in [0.29, 0.717) is 24.8 Å². The molecule has 1 aliphatic heterocycles. The van der Waals surface area contributed by atoms with Crippen molar-refractivity contribution in [1.82, 2.24) is 20.5 Å². The van der Waals surface area contributed by atoms with E-state index >= 15 is 0 Å². The van der Waals surface area contributed by atoms with E-state index < -0.39 is 17.7 Å². The Bertz CT molecular complexity index is 861. The minimum Gasteiger partial charge on any atom is -0.444 e. The van der Waals surface area contributed by atoms with E-state index in [9.17, 15) is 14.4 Å². The number of urea groups is 1. The molecule has 1 saturated heterocycles. The fraction of sp³-hybridized carbons (Fsp3) is 0.667. The van der Waals surface area contributed by atoms with E-state index in [0.717, 1.165) is 31.2 Å². The Balaban J connectivity index is 1.70. The Kier molecular flexibility index (Phi) is 7.81. The number of hydrogen-bond donors (Lipinski definition) is 3. The number of nitrogens with zero attached hydrogens (tertiary/aromatic N) is 2. The summed E-state index contributed by atoms with van der Waals surface area (Å²) in [6.45, 7) is 10.6. The number of pyridine rings is 1. The number of amides is 4. The molecule has 9 nitrogen and oxygen atoms in total. The smallest absolute Gasteiger partial charge is 0.408 e. The predicted octanol–water partition coefficient (Wildman–Crippen LogP) is 3.65. The lowest BCUT2D eigenvalue weighted by Gasteiger charge is -2.32. The van der Waals surface area contributed by atoms with Gasteiger partial charge in [-0.3, -0.25) is 4.79 Å². The van der Waals surface area contributed by atoms with Gasteiger partial charge in [0.05, 0.1) is 0 Å². The Hall–Kier alpha value is -2.84. The van der Waals surface area contributed by atoms with Crippen LogP contribution in [0.15, 0.2) is 18.3 Å². The highest BCUT2D eigenvalue weighted by Crippen LogP contribution is 2.31. The van der Waals surface area contributed by atoms with Crippen LogP contribution in [0.2, 0.25) is 0 Å². The Labute approximate surface area is 196 Å². The van der Waals surface area contributed by atoms with Crippen LogP contribution in [0.5, 0.6) is 0 Å². The molecule has 0 bridgehead atoms. The van der Waals surface area contributed by atoms with Crippen LogP contribution in [0.1, 0.15) is 65.9 Å². The van der Waals surface area contributed by atoms with Gasteiger partial charge in [-0.25, -0.2) is 14.6 Å². The molecule has 3 rings (SSSR count). The highest BCUT2D eigenvalue weighted by atomic mass is 16.6. The zero-order chi connectivity index (χ0) is 24.2. The van der Waals surface area contributed by atoms with E-state index in [1.54, 1.807) is 37.9 Å². The topological polar surface area (TPSA) is 113 Å². The average molecular weight is 460 g/mol. The number of alkyl carbamates (subject to hydrolysis) is 1. The van der Waals surface area contributed by atoms with Crippen LogP contribution >= 0.6 is 0 Å². The van der Waals surface area contributed by atoms with Crippen molar-refractivity contribution in [2.75, 3.05) is 11.9 Å². The minimum atomic E-state index is -0.706. The summed E-state index contributed by atoms with van der Waals surface area (Å²) >= 11 is 0. The van der Waals surface area contributed by atoms with E-state index in [4.69, 9.17) is 4.74 Å². The first-order valence-corrected chi connectivity index (χ1v) is 11.8. The van der Waals surface area contributed by atoms with Crippen molar-refractivity contribution in [3.8, 4) is 0 Å². The van der Waals surface area contributed by atoms with Crippen molar-refractivity contribution in [3.63, 3.8) is 0 Å². The molecule has 9 heteroatoms. The molecule has 1 aliphatic carbocycles. The summed E-state index contributed by atoms with van der Waals surface area (Å²) in [7, 11) is 0. The summed E-state index contributed by atoms with van der Waals surface area (Å²) in [6.07, 6.45) is 4.79. The second-order valence-electron chi connectivity index (χ2n) is 10.3. The highest BCUT2D eigenvalue weighted by Gasteiger charge is 2.34. The summed E-state index contributed by atoms with van der Waals surface area (Å²) in [5.41, 5.74) is 0.216. The Morgan fingerprint density at radius 1 is 1.24 bits per heavy atom. The third-order valence-electron chi connectivity index (χ3n) is 6.26. The summed E-state index contributed by atoms with van der Waals surface area (Å²) < 4.78 is 5.41. The predicted molar refractivity (Wildman–Crippen MR) is 126 cm³/mol. The highest BCUT2D eigenvalue weighted by molar-refractivity contribution is 5.96. The Morgan fingerprint density at radius 3 is 2.55 bits per heavy atom. The normalized spacial score (nSPS) is 24.1. The van der Waals surface area contributed by atoms with Crippen molar-refractivity contribution in [2.45, 2.75) is 84.5 Å². The molecule has 3 N–H and O–H groups in total. The average Bonchev–Trinajstić information content (AvgIpc) is 3.04. The van der Waals surface area contributed by atoms with Crippen LogP contribution in [0, 0.1) is 11.8 Å². The van der Waals surface area contributed by atoms with Gasteiger partial charge in [0.2, 0.25) is 5.91 Å². The second kappa shape index (κ2) is 10.4. The molecule has 1 aromatic heterocycles. The number of carbonyl (C=O) groups is 3. The van der Waals surface area contributed by atoms with Crippen LogP contribution in [0.25, 0.3) is 0 Å². The molecule has 2 aliphatic rings. The first-order chi connectivity index (χ1) is 15.5. The molecular weight excluding hydrogens is 422 g/mol. The maximum Gasteiger partial charge on any atom is 0.408 e. The van der Waals surface area contributed by atoms with Crippen LogP contribution in [-0.4, -0.2) is 52.1 Å². The third kappa shape index (κ3) is 7.07. The zero-order valence-electron chi connectivity index (χ0n) is 20.3. The maximum atomic E-state index is 13.3. The molecule has 0 unspecified atom stereocenters. The number of rotatable bonds is 6. The van der Waals surface area contributed by atoms with Crippen molar-refractivity contribution >= 4 is 23.8 Å². The molecule has 4 amide bonds. The molecule has 33 heavy (non-hydrogen) atoms. The van der Waals surface area contributed by atoms with E-state index in [2.05, 4.69) is 27.9 Å². The van der Waals surface area contributed by atoms with Crippen LogP contribution in [0.4, 0.5) is 15.4 Å². The van der Waals surface area contributed by atoms with E-state index in [-0.39, 0.29) is 23.9 Å². The van der Waals surface area contributed by atoms with Gasteiger partial charge in [-0.1, -0.05) is 19.8 Å². The van der Waals surface area contributed by atoms with Gasteiger partial charge in [0.25, 0.3) is 0 Å². The molecule has 1 saturated carbocycles. The summed E-state index contributed by atoms with van der Waals surface area (Å²) in [5.74, 6) is 0.739. The summed E-state index contributed by atoms with van der Waals surface area (Å²) in [6, 6.07) is 2.89.